The summed E-state index contributed by atoms with van der Waals surface area (Å²) < 4.78 is 2.34. The van der Waals surface area contributed by atoms with Crippen molar-refractivity contribution in [1.29, 1.82) is 0 Å². The van der Waals surface area contributed by atoms with Gasteiger partial charge in [-0.3, -0.25) is 5.32 Å². The lowest BCUT2D eigenvalue weighted by atomic mass is 10.3. The summed E-state index contributed by atoms with van der Waals surface area (Å²) in [4.78, 5) is 21.9. The van der Waals surface area contributed by atoms with Crippen molar-refractivity contribution < 1.29 is 4.79 Å². The largest absolute Gasteiger partial charge is 0.352 e. The molecule has 2 aliphatic rings. The zero-order valence-corrected chi connectivity index (χ0v) is 14.4. The van der Waals surface area contributed by atoms with Crippen LogP contribution < -0.4 is 15.5 Å². The Morgan fingerprint density at radius 1 is 1.57 bits per heavy atom. The number of urea groups is 1. The third-order valence-corrected chi connectivity index (χ3v) is 5.24. The highest BCUT2D eigenvalue weighted by Gasteiger charge is 2.25. The summed E-state index contributed by atoms with van der Waals surface area (Å²) in [5.41, 5.74) is 0.858. The maximum atomic E-state index is 12.2. The number of amides is 2. The number of aliphatic imine (C=N–C) groups is 1. The average molecular weight is 336 g/mol. The number of aromatic amines is 1. The number of H-pyrrole nitrogens is 1. The Morgan fingerprint density at radius 2 is 2.43 bits per heavy atom. The number of amidine groups is 1. The van der Waals surface area contributed by atoms with Gasteiger partial charge in [0.25, 0.3) is 0 Å². The minimum absolute atomic E-state index is 0.163. The monoisotopic (exact) mass is 336 g/mol. The van der Waals surface area contributed by atoms with E-state index in [0.29, 0.717) is 12.4 Å². The lowest BCUT2D eigenvalue weighted by Crippen LogP contribution is -2.48. The first kappa shape index (κ1) is 16.2. The van der Waals surface area contributed by atoms with E-state index in [4.69, 9.17) is 0 Å². The number of likely N-dealkylation sites (N-methyl/N-ethyl adjacent to an activating group) is 1. The average Bonchev–Trinajstić information content (AvgIpc) is 3.14. The van der Waals surface area contributed by atoms with E-state index in [1.165, 1.54) is 6.42 Å². The van der Waals surface area contributed by atoms with Crippen molar-refractivity contribution in [3.8, 4) is 0 Å². The topological polar surface area (TPSA) is 75.8 Å². The van der Waals surface area contributed by atoms with Crippen LogP contribution in [0.1, 0.15) is 19.8 Å². The number of nitrogens with one attached hydrogen (secondary N) is 3. The van der Waals surface area contributed by atoms with Crippen molar-refractivity contribution in [2.24, 2.45) is 4.99 Å². The minimum Gasteiger partial charge on any atom is -0.352 e. The molecule has 1 aromatic heterocycles. The highest BCUT2D eigenvalue weighted by molar-refractivity contribution is 7.97. The van der Waals surface area contributed by atoms with E-state index < -0.39 is 0 Å². The molecule has 2 aliphatic heterocycles. The van der Waals surface area contributed by atoms with Gasteiger partial charge in [0.2, 0.25) is 0 Å². The van der Waals surface area contributed by atoms with Gasteiger partial charge >= 0.3 is 6.03 Å². The number of hydrogen-bond acceptors (Lipinski definition) is 5. The molecule has 1 unspecified atom stereocenters. The van der Waals surface area contributed by atoms with Crippen molar-refractivity contribution in [3.05, 3.63) is 12.3 Å². The fourth-order valence-electron chi connectivity index (χ4n) is 2.84. The van der Waals surface area contributed by atoms with Gasteiger partial charge in [-0.25, -0.2) is 14.1 Å². The summed E-state index contributed by atoms with van der Waals surface area (Å²) in [7, 11) is 1.98. The normalized spacial score (nSPS) is 21.0. The molecule has 3 heterocycles. The molecule has 1 fully saturated rings. The first-order valence-corrected chi connectivity index (χ1v) is 9.01. The van der Waals surface area contributed by atoms with Crippen molar-refractivity contribution in [1.82, 2.24) is 19.9 Å². The Bertz CT molecular complexity index is 586. The fourth-order valence-corrected chi connectivity index (χ4v) is 3.80. The van der Waals surface area contributed by atoms with E-state index in [1.807, 2.05) is 36.2 Å². The predicted molar refractivity (Wildman–Crippen MR) is 95.6 cm³/mol. The lowest BCUT2D eigenvalue weighted by Gasteiger charge is -2.24. The Labute approximate surface area is 141 Å². The van der Waals surface area contributed by atoms with E-state index in [-0.39, 0.29) is 12.1 Å². The molecule has 2 amide bonds. The van der Waals surface area contributed by atoms with Gasteiger partial charge in [0, 0.05) is 38.1 Å². The van der Waals surface area contributed by atoms with Gasteiger partial charge in [0.05, 0.1) is 6.54 Å². The van der Waals surface area contributed by atoms with Gasteiger partial charge in [-0.15, -0.1) is 0 Å². The van der Waals surface area contributed by atoms with Crippen LogP contribution in [0.5, 0.6) is 0 Å². The molecule has 1 aromatic rings. The fraction of sp³-hybridized carbons (Fsp3) is 0.600. The highest BCUT2D eigenvalue weighted by atomic mass is 32.2. The Hall–Kier alpha value is -1.67. The molecule has 3 N–H and O–H groups in total. The zero-order chi connectivity index (χ0) is 16.2. The van der Waals surface area contributed by atoms with E-state index >= 15 is 0 Å². The van der Waals surface area contributed by atoms with Crippen molar-refractivity contribution in [3.63, 3.8) is 0 Å². The summed E-state index contributed by atoms with van der Waals surface area (Å²) in [6.07, 6.45) is 4.03. The molecule has 0 aromatic carbocycles. The molecule has 0 spiro atoms. The molecule has 0 saturated carbocycles. The third-order valence-electron chi connectivity index (χ3n) is 3.95. The number of nitrogens with zero attached hydrogens (tertiary/aromatic N) is 3. The number of fused-ring (bicyclic) bond motifs is 1. The number of aromatic nitrogens is 1. The molecular formula is C15H24N6OS. The van der Waals surface area contributed by atoms with Crippen LogP contribution in [-0.2, 0) is 0 Å². The molecule has 0 bridgehead atoms. The van der Waals surface area contributed by atoms with E-state index in [0.717, 1.165) is 36.8 Å². The number of rotatable bonds is 4. The van der Waals surface area contributed by atoms with Crippen molar-refractivity contribution in [2.45, 2.75) is 25.8 Å². The quantitative estimate of drug-likeness (QED) is 0.735. The molecule has 126 valence electrons. The second-order valence-corrected chi connectivity index (χ2v) is 7.11. The molecule has 1 saturated heterocycles. The van der Waals surface area contributed by atoms with Crippen LogP contribution in [0, 0.1) is 0 Å². The third kappa shape index (κ3) is 4.00. The zero-order valence-electron chi connectivity index (χ0n) is 13.6. The van der Waals surface area contributed by atoms with Crippen LogP contribution in [0.15, 0.2) is 17.3 Å². The van der Waals surface area contributed by atoms with E-state index in [2.05, 4.69) is 31.8 Å². The second-order valence-electron chi connectivity index (χ2n) is 5.93. The Morgan fingerprint density at radius 3 is 3.26 bits per heavy atom. The van der Waals surface area contributed by atoms with Crippen LogP contribution >= 0.6 is 11.9 Å². The van der Waals surface area contributed by atoms with Gasteiger partial charge < -0.3 is 15.2 Å². The van der Waals surface area contributed by atoms with Crippen molar-refractivity contribution in [2.75, 3.05) is 37.3 Å². The molecule has 7 nitrogen and oxygen atoms in total. The summed E-state index contributed by atoms with van der Waals surface area (Å²) in [5.74, 6) is 2.80. The molecular weight excluding hydrogens is 312 g/mol. The predicted octanol–water partition coefficient (Wildman–Crippen LogP) is 1.93. The van der Waals surface area contributed by atoms with Crippen molar-refractivity contribution >= 4 is 35.3 Å². The van der Waals surface area contributed by atoms with Crippen LogP contribution in [0.3, 0.4) is 0 Å². The van der Waals surface area contributed by atoms with Gasteiger partial charge in [0.15, 0.2) is 0 Å². The van der Waals surface area contributed by atoms with Gasteiger partial charge in [-0.1, -0.05) is 18.9 Å². The van der Waals surface area contributed by atoms with Crippen LogP contribution in [0.4, 0.5) is 16.3 Å². The number of carbonyl (C=O) groups is 1. The minimum atomic E-state index is -0.163. The first-order valence-electron chi connectivity index (χ1n) is 8.07. The number of hydrogen-bond donors (Lipinski definition) is 3. The molecule has 0 radical (unpaired) electrons. The smallest absolute Gasteiger partial charge is 0.320 e. The van der Waals surface area contributed by atoms with Gasteiger partial charge in [-0.05, 0) is 18.9 Å². The standard InChI is InChI=1S/C15H24N6OS/c1-3-8-23-21-7-5-11(9-21)17-15(22)19-13-10-20(2)14-12(18-13)4-6-16-14/h4,6,11,16H,3,5,7-10H2,1-2H3,(H2,17,18,19,22). The Kier molecular flexibility index (Phi) is 5.12. The number of anilines is 1. The SMILES string of the molecule is CCCSN1CCC(NC(=O)NC2=Nc3cc[nH]c3N(C)C2)C1. The summed E-state index contributed by atoms with van der Waals surface area (Å²) in [6.45, 7) is 4.71. The van der Waals surface area contributed by atoms with Crippen LogP contribution in [0.2, 0.25) is 0 Å². The van der Waals surface area contributed by atoms with E-state index in [1.54, 1.807) is 0 Å². The van der Waals surface area contributed by atoms with Gasteiger partial charge in [0.1, 0.15) is 17.3 Å². The van der Waals surface area contributed by atoms with Crippen LogP contribution in [-0.4, -0.2) is 59.6 Å². The first-order chi connectivity index (χ1) is 11.2. The van der Waals surface area contributed by atoms with Gasteiger partial charge in [-0.2, -0.15) is 0 Å². The molecule has 3 rings (SSSR count). The Balaban J connectivity index is 1.49. The summed E-state index contributed by atoms with van der Waals surface area (Å²) >= 11 is 1.87. The highest BCUT2D eigenvalue weighted by Crippen LogP contribution is 2.28. The second kappa shape index (κ2) is 7.27. The maximum absolute atomic E-state index is 12.2. The molecule has 1 atom stereocenters. The summed E-state index contributed by atoms with van der Waals surface area (Å²) in [5, 5.41) is 5.94. The number of carbonyl (C=O) groups excluding carboxylic acids is 1. The molecule has 8 heteroatoms. The maximum Gasteiger partial charge on any atom is 0.320 e. The molecule has 0 aliphatic carbocycles. The van der Waals surface area contributed by atoms with Crippen LogP contribution in [0.25, 0.3) is 0 Å². The molecule has 23 heavy (non-hydrogen) atoms. The van der Waals surface area contributed by atoms with E-state index in [9.17, 15) is 4.79 Å². The summed E-state index contributed by atoms with van der Waals surface area (Å²) in [6, 6.07) is 1.96. The lowest BCUT2D eigenvalue weighted by molar-refractivity contribution is 0.242.